The summed E-state index contributed by atoms with van der Waals surface area (Å²) in [5.74, 6) is -5.45. The smallest absolute Gasteiger partial charge is 0.291 e. The molecule has 0 spiro atoms. The highest BCUT2D eigenvalue weighted by Crippen LogP contribution is 2.24. The van der Waals surface area contributed by atoms with Gasteiger partial charge < -0.3 is 95.4 Å². The fourth-order valence-electron chi connectivity index (χ4n) is 9.35. The average molecular weight is 1160 g/mol. The Morgan fingerprint density at radius 1 is 0.365 bits per heavy atom. The van der Waals surface area contributed by atoms with Crippen molar-refractivity contribution in [3.63, 3.8) is 0 Å². The number of fused-ring (bicyclic) bond motifs is 16. The Morgan fingerprint density at radius 3 is 1.00 bits per heavy atom. The van der Waals surface area contributed by atoms with E-state index in [0.717, 1.165) is 0 Å². The van der Waals surface area contributed by atoms with Crippen molar-refractivity contribution >= 4 is 105 Å². The van der Waals surface area contributed by atoms with Gasteiger partial charge in [-0.3, -0.25) is 47.9 Å². The number of nitrogens with one attached hydrogen (secondary N) is 10. The van der Waals surface area contributed by atoms with Crippen molar-refractivity contribution in [1.82, 2.24) is 57.1 Å². The molecule has 12 N–H and O–H groups in total. The zero-order valence-electron chi connectivity index (χ0n) is 47.3. The van der Waals surface area contributed by atoms with Gasteiger partial charge in [-0.05, 0) is 42.8 Å². The van der Waals surface area contributed by atoms with E-state index in [0.29, 0.717) is 5.69 Å². The minimum absolute atomic E-state index is 0.00794. The molecule has 0 fully saturated rings. The van der Waals surface area contributed by atoms with E-state index >= 15 is 0 Å². The third-order valence-electron chi connectivity index (χ3n) is 13.5. The van der Waals surface area contributed by atoms with E-state index in [9.17, 15) is 47.9 Å². The van der Waals surface area contributed by atoms with Crippen LogP contribution in [0.15, 0.2) is 86.0 Å². The topological polar surface area (TPSA) is 382 Å². The van der Waals surface area contributed by atoms with Crippen molar-refractivity contribution in [1.29, 1.82) is 0 Å². The zero-order valence-corrected chi connectivity index (χ0v) is 47.3. The second kappa shape index (κ2) is 24.1. The van der Waals surface area contributed by atoms with Crippen LogP contribution in [0.5, 0.6) is 0 Å². The molecule has 9 rings (SSSR count). The van der Waals surface area contributed by atoms with E-state index in [1.54, 1.807) is 62.6 Å². The minimum atomic E-state index is -0.847. The number of aryl methyl sites for hydroxylation is 8. The molecule has 85 heavy (non-hydrogen) atoms. The molecule has 8 aromatic heterocycles. The highest BCUT2D eigenvalue weighted by molar-refractivity contribution is 6.10. The van der Waals surface area contributed by atoms with Gasteiger partial charge in [0.2, 0.25) is 23.5 Å². The molecule has 1 aliphatic heterocycles. The number of carbonyl (C=O) groups is 10. The van der Waals surface area contributed by atoms with E-state index in [2.05, 4.69) is 63.1 Å². The van der Waals surface area contributed by atoms with E-state index in [1.165, 1.54) is 116 Å². The monoisotopic (exact) mass is 1160 g/mol. The molecule has 10 amide bonds. The molecule has 0 aliphatic carbocycles. The van der Waals surface area contributed by atoms with Crippen molar-refractivity contribution < 1.29 is 47.9 Å². The van der Waals surface area contributed by atoms with Crippen LogP contribution >= 0.6 is 0 Å². The second-order valence-corrected chi connectivity index (χ2v) is 20.3. The second-order valence-electron chi connectivity index (χ2n) is 20.3. The highest BCUT2D eigenvalue weighted by Gasteiger charge is 2.25. The highest BCUT2D eigenvalue weighted by atomic mass is 16.2. The van der Waals surface area contributed by atoms with Crippen LogP contribution in [0.3, 0.4) is 0 Å². The summed E-state index contributed by atoms with van der Waals surface area (Å²) in [5.41, 5.74) is 8.95. The summed E-state index contributed by atoms with van der Waals surface area (Å²) in [5, 5.41) is 27.2. The number of nitrogens with zero attached hydrogens (tertiary/aromatic N) is 10. The molecule has 1 atom stereocenters. The number of rotatable bonds is 0. The van der Waals surface area contributed by atoms with Gasteiger partial charge in [-0.2, -0.15) is 0 Å². The SMILES string of the molecule is Cn1cc2cc1C(=O)NCCCC(=O)Nc1cn(C)c(n1)C(=O)Nc1cc(n(C)c1)C(=O)Nc1cc(n(C)c1)C(=O)Nc1cc(n(C)c1)C(=O)NC[C@H](N)CC(=O)Nc1cn(C)c(n1)C(=O)Nc1cc(n(C)c1)C(=O)Nc1cc(n(C)c1)C(=O)N2. The van der Waals surface area contributed by atoms with Gasteiger partial charge in [0.15, 0.2) is 11.6 Å². The van der Waals surface area contributed by atoms with Crippen LogP contribution in [0, 0.1) is 0 Å². The molecule has 442 valence electrons. The van der Waals surface area contributed by atoms with Crippen LogP contribution in [0.2, 0.25) is 0 Å². The van der Waals surface area contributed by atoms with Crippen LogP contribution in [0.25, 0.3) is 0 Å². The molecule has 31 heteroatoms. The van der Waals surface area contributed by atoms with Crippen molar-refractivity contribution in [3.8, 4) is 0 Å². The summed E-state index contributed by atoms with van der Waals surface area (Å²) in [6.07, 6.45) is 12.1. The van der Waals surface area contributed by atoms with Crippen LogP contribution < -0.4 is 58.9 Å². The molecule has 31 nitrogen and oxygen atoms in total. The Balaban J connectivity index is 0.879. The summed E-state index contributed by atoms with van der Waals surface area (Å²) < 4.78 is 11.8. The maximum Gasteiger partial charge on any atom is 0.291 e. The van der Waals surface area contributed by atoms with E-state index < -0.39 is 65.1 Å². The summed E-state index contributed by atoms with van der Waals surface area (Å²) >= 11 is 0. The summed E-state index contributed by atoms with van der Waals surface area (Å²) in [6, 6.07) is 7.91. The molecule has 1 aliphatic rings. The van der Waals surface area contributed by atoms with Gasteiger partial charge in [0.25, 0.3) is 47.3 Å². The van der Waals surface area contributed by atoms with Crippen LogP contribution in [0.4, 0.5) is 45.8 Å². The normalized spacial score (nSPS) is 15.9. The van der Waals surface area contributed by atoms with Crippen LogP contribution in [-0.4, -0.2) is 125 Å². The first-order chi connectivity index (χ1) is 40.3. The summed E-state index contributed by atoms with van der Waals surface area (Å²) in [4.78, 5) is 142. The van der Waals surface area contributed by atoms with Crippen LogP contribution in [0.1, 0.15) is 103 Å². The number of aromatic nitrogens is 10. The van der Waals surface area contributed by atoms with Gasteiger partial charge in [0, 0.05) is 138 Å². The Kier molecular flexibility index (Phi) is 16.5. The minimum Gasteiger partial charge on any atom is -0.351 e. The lowest BCUT2D eigenvalue weighted by Crippen LogP contribution is -2.40. The van der Waals surface area contributed by atoms with Crippen molar-refractivity contribution in [3.05, 3.63) is 132 Å². The quantitative estimate of drug-likeness (QED) is 0.104. The Morgan fingerprint density at radius 2 is 0.659 bits per heavy atom. The lowest BCUT2D eigenvalue weighted by molar-refractivity contribution is -0.117. The fraction of sp³-hybridized carbons (Fsp3) is 0.259. The third-order valence-corrected chi connectivity index (χ3v) is 13.5. The molecule has 0 unspecified atom stereocenters. The van der Waals surface area contributed by atoms with Gasteiger partial charge in [0.05, 0.1) is 34.1 Å². The molecule has 0 saturated heterocycles. The fourth-order valence-corrected chi connectivity index (χ4v) is 9.35. The number of carbonyl (C=O) groups excluding carboxylic acids is 10. The molecule has 0 radical (unpaired) electrons. The van der Waals surface area contributed by atoms with Gasteiger partial charge in [-0.15, -0.1) is 0 Å². The van der Waals surface area contributed by atoms with E-state index in [1.807, 2.05) is 0 Å². The number of hydrogen-bond acceptors (Lipinski definition) is 13. The van der Waals surface area contributed by atoms with Gasteiger partial charge >= 0.3 is 0 Å². The number of imidazole rings is 2. The Labute approximate surface area is 483 Å². The zero-order chi connectivity index (χ0) is 61.1. The number of anilines is 8. The lowest BCUT2D eigenvalue weighted by atomic mass is 10.2. The lowest BCUT2D eigenvalue weighted by Gasteiger charge is -2.12. The first kappa shape index (κ1) is 58.4. The predicted octanol–water partition coefficient (Wildman–Crippen LogP) is 2.25. The van der Waals surface area contributed by atoms with Gasteiger partial charge in [0.1, 0.15) is 34.2 Å². The van der Waals surface area contributed by atoms with Crippen LogP contribution in [-0.2, 0) is 66.0 Å². The third kappa shape index (κ3) is 13.4. The molecular weight excluding hydrogens is 1100 g/mol. The molecule has 16 bridgehead atoms. The molecule has 9 heterocycles. The average Bonchev–Trinajstić information content (AvgIpc) is 3.76. The van der Waals surface area contributed by atoms with Gasteiger partial charge in [-0.1, -0.05) is 0 Å². The first-order valence-electron chi connectivity index (χ1n) is 26.2. The Bertz CT molecular complexity index is 4020. The molecule has 0 saturated carbocycles. The van der Waals surface area contributed by atoms with Gasteiger partial charge in [-0.25, -0.2) is 9.97 Å². The summed E-state index contributed by atoms with van der Waals surface area (Å²) in [7, 11) is 12.8. The maximum atomic E-state index is 13.5. The molecule has 0 aromatic carbocycles. The predicted molar refractivity (Wildman–Crippen MR) is 310 cm³/mol. The van der Waals surface area contributed by atoms with Crippen molar-refractivity contribution in [2.45, 2.75) is 25.3 Å². The molecule has 8 aromatic rings. The number of amides is 10. The van der Waals surface area contributed by atoms with Crippen molar-refractivity contribution in [2.75, 3.05) is 55.6 Å². The largest absolute Gasteiger partial charge is 0.351 e. The standard InChI is InChI=1S/C54H61N21O10/c1-68-20-29-13-35(68)47(78)56-11-9-10-43(76)64-41-26-74(7)45(66-41)53(84)62-33-17-39(72(5)24-33)51(82)61-32-16-38(71(4)23-32)50(81)59-30-14-36(69(2)21-30)48(79)57-19-28(55)12-44(77)65-42-27-75(8)46(67-42)54(85)63-34-18-40(73(6)25-34)52(83)60-31-15-37(49(80)58-29)70(3)22-31/h13-18,20-28H,9-12,19,55H2,1-8H3,(H,56,78)(H,57,79)(H,58,80)(H,59,81)(H,60,83)(H,61,82)(H,62,84)(H,63,85)(H,64,76)(H,65,77)/t28-/m1/s1. The number of hydrogen-bond donors (Lipinski definition) is 11. The van der Waals surface area contributed by atoms with Crippen molar-refractivity contribution in [2.24, 2.45) is 62.1 Å². The maximum absolute atomic E-state index is 13.5. The Hall–Kier alpha value is -11.2. The number of nitrogens with two attached hydrogens (primary N) is 1. The van der Waals surface area contributed by atoms with E-state index in [4.69, 9.17) is 5.73 Å². The van der Waals surface area contributed by atoms with E-state index in [-0.39, 0.29) is 118 Å². The molecular formula is C54H61N21O10. The first-order valence-corrected chi connectivity index (χ1v) is 26.2. The summed E-state index contributed by atoms with van der Waals surface area (Å²) in [6.45, 7) is 0.00768.